The first kappa shape index (κ1) is 22.1. The van der Waals surface area contributed by atoms with E-state index in [2.05, 4.69) is 0 Å². The lowest BCUT2D eigenvalue weighted by Gasteiger charge is -2.21. The number of rotatable bonds is 10. The number of ketones is 1. The summed E-state index contributed by atoms with van der Waals surface area (Å²) in [4.78, 5) is 38.1. The Kier molecular flexibility index (Phi) is 8.40. The van der Waals surface area contributed by atoms with E-state index in [1.807, 2.05) is 18.2 Å². The Balaban J connectivity index is 2.39. The summed E-state index contributed by atoms with van der Waals surface area (Å²) in [6.45, 7) is 3.60. The van der Waals surface area contributed by atoms with E-state index in [1.165, 1.54) is 0 Å². The average molecular weight is 398 g/mol. The maximum Gasteiger partial charge on any atom is 0.320 e. The van der Waals surface area contributed by atoms with Gasteiger partial charge in [0.05, 0.1) is 20.3 Å². The maximum absolute atomic E-state index is 13.3. The molecule has 0 spiro atoms. The molecule has 0 amide bonds. The second-order valence-corrected chi connectivity index (χ2v) is 6.35. The molecule has 2 aromatic rings. The standard InChI is InChI=1S/C23H26O6/c1-4-28-22(25)20(23(26)29-5-2)15-19(16-9-7-6-8-10-16)21(24)17-11-13-18(27-3)14-12-17/h6-14,19-20H,4-5,15H2,1-3H3. The number of methoxy groups -OCH3 is 1. The summed E-state index contributed by atoms with van der Waals surface area (Å²) >= 11 is 0. The average Bonchev–Trinajstić information content (AvgIpc) is 2.75. The third kappa shape index (κ3) is 5.91. The van der Waals surface area contributed by atoms with E-state index in [9.17, 15) is 14.4 Å². The lowest BCUT2D eigenvalue weighted by molar-refractivity contribution is -0.162. The maximum atomic E-state index is 13.3. The molecule has 0 aliphatic rings. The van der Waals surface area contributed by atoms with Crippen LogP contribution in [0.1, 0.15) is 42.1 Å². The summed E-state index contributed by atoms with van der Waals surface area (Å²) in [5.74, 6) is -2.82. The Morgan fingerprint density at radius 1 is 0.828 bits per heavy atom. The molecule has 6 heteroatoms. The van der Waals surface area contributed by atoms with Crippen LogP contribution in [0.25, 0.3) is 0 Å². The van der Waals surface area contributed by atoms with Crippen LogP contribution in [0.4, 0.5) is 0 Å². The Bertz CT molecular complexity index is 795. The van der Waals surface area contributed by atoms with Gasteiger partial charge in [-0.1, -0.05) is 30.3 Å². The largest absolute Gasteiger partial charge is 0.497 e. The molecule has 2 rings (SSSR count). The highest BCUT2D eigenvalue weighted by molar-refractivity contribution is 6.02. The third-order valence-electron chi connectivity index (χ3n) is 4.51. The van der Waals surface area contributed by atoms with Crippen molar-refractivity contribution < 1.29 is 28.6 Å². The van der Waals surface area contributed by atoms with Crippen molar-refractivity contribution in [3.8, 4) is 5.75 Å². The SMILES string of the molecule is CCOC(=O)C(CC(C(=O)c1ccc(OC)cc1)c1ccccc1)C(=O)OCC. The van der Waals surface area contributed by atoms with Crippen LogP contribution in [-0.2, 0) is 19.1 Å². The van der Waals surface area contributed by atoms with Crippen molar-refractivity contribution in [1.82, 2.24) is 0 Å². The van der Waals surface area contributed by atoms with Crippen molar-refractivity contribution in [3.05, 3.63) is 65.7 Å². The van der Waals surface area contributed by atoms with Gasteiger partial charge >= 0.3 is 11.9 Å². The Labute approximate surface area is 170 Å². The molecule has 0 aliphatic carbocycles. The van der Waals surface area contributed by atoms with E-state index < -0.39 is 23.8 Å². The van der Waals surface area contributed by atoms with E-state index in [0.29, 0.717) is 16.9 Å². The molecule has 0 N–H and O–H groups in total. The van der Waals surface area contributed by atoms with Crippen LogP contribution in [-0.4, -0.2) is 38.0 Å². The molecule has 0 heterocycles. The Hall–Kier alpha value is -3.15. The molecule has 0 saturated carbocycles. The molecule has 29 heavy (non-hydrogen) atoms. The summed E-state index contributed by atoms with van der Waals surface area (Å²) in [6, 6.07) is 15.8. The summed E-state index contributed by atoms with van der Waals surface area (Å²) in [5, 5.41) is 0. The molecule has 6 nitrogen and oxygen atoms in total. The molecule has 0 aliphatic heterocycles. The quantitative estimate of drug-likeness (QED) is 0.344. The third-order valence-corrected chi connectivity index (χ3v) is 4.51. The first-order chi connectivity index (χ1) is 14.0. The number of hydrogen-bond donors (Lipinski definition) is 0. The van der Waals surface area contributed by atoms with Crippen LogP contribution in [0.2, 0.25) is 0 Å². The van der Waals surface area contributed by atoms with E-state index in [4.69, 9.17) is 14.2 Å². The van der Waals surface area contributed by atoms with Gasteiger partial charge in [0.15, 0.2) is 11.7 Å². The lowest BCUT2D eigenvalue weighted by Crippen LogP contribution is -2.31. The van der Waals surface area contributed by atoms with E-state index in [-0.39, 0.29) is 25.4 Å². The van der Waals surface area contributed by atoms with Gasteiger partial charge in [0.2, 0.25) is 0 Å². The van der Waals surface area contributed by atoms with Gasteiger partial charge < -0.3 is 14.2 Å². The molecule has 2 aromatic carbocycles. The zero-order valence-electron chi connectivity index (χ0n) is 16.9. The predicted molar refractivity (Wildman–Crippen MR) is 108 cm³/mol. The smallest absolute Gasteiger partial charge is 0.320 e. The van der Waals surface area contributed by atoms with Crippen LogP contribution < -0.4 is 4.74 Å². The molecule has 0 bridgehead atoms. The lowest BCUT2D eigenvalue weighted by atomic mass is 9.83. The van der Waals surface area contributed by atoms with Gasteiger partial charge in [-0.25, -0.2) is 0 Å². The van der Waals surface area contributed by atoms with Gasteiger partial charge in [-0.05, 0) is 50.1 Å². The van der Waals surface area contributed by atoms with Crippen LogP contribution >= 0.6 is 0 Å². The number of hydrogen-bond acceptors (Lipinski definition) is 6. The van der Waals surface area contributed by atoms with Crippen molar-refractivity contribution in [2.24, 2.45) is 5.92 Å². The minimum absolute atomic E-state index is 0.0352. The number of Topliss-reactive ketones (excluding diaryl/α,β-unsaturated/α-hetero) is 1. The molecule has 0 radical (unpaired) electrons. The normalized spacial score (nSPS) is 11.6. The number of esters is 2. The molecule has 154 valence electrons. The van der Waals surface area contributed by atoms with Gasteiger partial charge in [0.25, 0.3) is 0 Å². The summed E-state index contributed by atoms with van der Waals surface area (Å²) < 4.78 is 15.3. The second kappa shape index (κ2) is 11.0. The number of benzene rings is 2. The first-order valence-electron chi connectivity index (χ1n) is 9.58. The number of ether oxygens (including phenoxy) is 3. The van der Waals surface area contributed by atoms with Crippen molar-refractivity contribution >= 4 is 17.7 Å². The Morgan fingerprint density at radius 3 is 1.86 bits per heavy atom. The number of carbonyl (C=O) groups is 3. The molecule has 1 unspecified atom stereocenters. The zero-order chi connectivity index (χ0) is 21.2. The van der Waals surface area contributed by atoms with Crippen LogP contribution in [0.15, 0.2) is 54.6 Å². The fourth-order valence-corrected chi connectivity index (χ4v) is 3.05. The van der Waals surface area contributed by atoms with Crippen molar-refractivity contribution in [2.75, 3.05) is 20.3 Å². The fourth-order valence-electron chi connectivity index (χ4n) is 3.05. The van der Waals surface area contributed by atoms with E-state index >= 15 is 0 Å². The van der Waals surface area contributed by atoms with Crippen molar-refractivity contribution in [3.63, 3.8) is 0 Å². The van der Waals surface area contributed by atoms with Crippen LogP contribution in [0.5, 0.6) is 5.75 Å². The monoisotopic (exact) mass is 398 g/mol. The minimum Gasteiger partial charge on any atom is -0.497 e. The summed E-state index contributed by atoms with van der Waals surface area (Å²) in [5.41, 5.74) is 1.18. The molecule has 0 fully saturated rings. The highest BCUT2D eigenvalue weighted by Crippen LogP contribution is 2.30. The predicted octanol–water partition coefficient (Wildman–Crippen LogP) is 3.79. The van der Waals surface area contributed by atoms with Gasteiger partial charge in [0, 0.05) is 11.5 Å². The van der Waals surface area contributed by atoms with E-state index in [1.54, 1.807) is 57.4 Å². The highest BCUT2D eigenvalue weighted by atomic mass is 16.6. The first-order valence-corrected chi connectivity index (χ1v) is 9.58. The molecular formula is C23H26O6. The summed E-state index contributed by atoms with van der Waals surface area (Å²) in [6.07, 6.45) is -0.0352. The van der Waals surface area contributed by atoms with Gasteiger partial charge in [-0.2, -0.15) is 0 Å². The van der Waals surface area contributed by atoms with Crippen molar-refractivity contribution in [1.29, 1.82) is 0 Å². The zero-order valence-corrected chi connectivity index (χ0v) is 16.9. The van der Waals surface area contributed by atoms with Gasteiger partial charge in [-0.15, -0.1) is 0 Å². The Morgan fingerprint density at radius 2 is 1.38 bits per heavy atom. The van der Waals surface area contributed by atoms with Crippen LogP contribution in [0.3, 0.4) is 0 Å². The molecule has 0 aromatic heterocycles. The topological polar surface area (TPSA) is 78.9 Å². The molecule has 1 atom stereocenters. The van der Waals surface area contributed by atoms with E-state index in [0.717, 1.165) is 0 Å². The van der Waals surface area contributed by atoms with Gasteiger partial charge in [-0.3, -0.25) is 14.4 Å². The van der Waals surface area contributed by atoms with Gasteiger partial charge in [0.1, 0.15) is 5.75 Å². The van der Waals surface area contributed by atoms with Crippen LogP contribution in [0, 0.1) is 5.92 Å². The van der Waals surface area contributed by atoms with Crippen molar-refractivity contribution in [2.45, 2.75) is 26.2 Å². The molecule has 0 saturated heterocycles. The number of carbonyl (C=O) groups excluding carboxylic acids is 3. The summed E-state index contributed by atoms with van der Waals surface area (Å²) in [7, 11) is 1.55. The highest BCUT2D eigenvalue weighted by Gasteiger charge is 2.35. The second-order valence-electron chi connectivity index (χ2n) is 6.35. The fraction of sp³-hybridized carbons (Fsp3) is 0.348. The molecular weight excluding hydrogens is 372 g/mol. The minimum atomic E-state index is -1.18.